The smallest absolute Gasteiger partial charge is 0.0218 e. The number of nitrogens with two attached hydrogens (primary N) is 1. The van der Waals surface area contributed by atoms with E-state index in [4.69, 9.17) is 5.73 Å². The molecule has 0 aliphatic heterocycles. The Morgan fingerprint density at radius 1 is 0.933 bits per heavy atom. The van der Waals surface area contributed by atoms with Crippen LogP contribution in [0.3, 0.4) is 0 Å². The van der Waals surface area contributed by atoms with E-state index in [0.717, 1.165) is 6.54 Å². The molecule has 0 rings (SSSR count). The molecule has 0 saturated carbocycles. The highest BCUT2D eigenvalue weighted by Gasteiger charge is 2.14. The Morgan fingerprint density at radius 3 is 1.80 bits per heavy atom. The number of hydrogen-bond donors (Lipinski definition) is 1. The molecule has 0 amide bonds. The third-order valence-electron chi connectivity index (χ3n) is 3.01. The van der Waals surface area contributed by atoms with Gasteiger partial charge in [-0.25, -0.2) is 0 Å². The highest BCUT2D eigenvalue weighted by atomic mass is 15.2. The van der Waals surface area contributed by atoms with Crippen LogP contribution in [0.4, 0.5) is 0 Å². The standard InChI is InChI=1S/C13H30N2/c1-4-7-10-15(11-8-5-2)13(12-14)9-6-3/h13H,4-12,14H2,1-3H3. The molecule has 0 fully saturated rings. The predicted molar refractivity (Wildman–Crippen MR) is 69.1 cm³/mol. The van der Waals surface area contributed by atoms with Crippen LogP contribution in [0.5, 0.6) is 0 Å². The van der Waals surface area contributed by atoms with E-state index >= 15 is 0 Å². The Kier molecular flexibility index (Phi) is 10.4. The second kappa shape index (κ2) is 10.4. The van der Waals surface area contributed by atoms with Gasteiger partial charge in [0.15, 0.2) is 0 Å². The van der Waals surface area contributed by atoms with E-state index < -0.39 is 0 Å². The molecule has 0 radical (unpaired) electrons. The van der Waals surface area contributed by atoms with Crippen molar-refractivity contribution >= 4 is 0 Å². The zero-order chi connectivity index (χ0) is 11.5. The summed E-state index contributed by atoms with van der Waals surface area (Å²) >= 11 is 0. The molecule has 1 unspecified atom stereocenters. The van der Waals surface area contributed by atoms with E-state index in [0.29, 0.717) is 6.04 Å². The van der Waals surface area contributed by atoms with Gasteiger partial charge in [0.25, 0.3) is 0 Å². The highest BCUT2D eigenvalue weighted by Crippen LogP contribution is 2.09. The molecule has 2 N–H and O–H groups in total. The van der Waals surface area contributed by atoms with Gasteiger partial charge < -0.3 is 5.73 Å². The van der Waals surface area contributed by atoms with Gasteiger partial charge in [0.1, 0.15) is 0 Å². The van der Waals surface area contributed by atoms with Gasteiger partial charge in [-0.05, 0) is 32.4 Å². The minimum absolute atomic E-state index is 0.619. The summed E-state index contributed by atoms with van der Waals surface area (Å²) in [5, 5.41) is 0. The van der Waals surface area contributed by atoms with Gasteiger partial charge in [0.05, 0.1) is 0 Å². The molecule has 0 spiro atoms. The lowest BCUT2D eigenvalue weighted by Gasteiger charge is -2.30. The number of nitrogens with zero attached hydrogens (tertiary/aromatic N) is 1. The first-order valence-electron chi connectivity index (χ1n) is 6.74. The van der Waals surface area contributed by atoms with Crippen LogP contribution in [0.15, 0.2) is 0 Å². The Labute approximate surface area is 96.2 Å². The molecule has 2 nitrogen and oxygen atoms in total. The Morgan fingerprint density at radius 2 is 1.47 bits per heavy atom. The third-order valence-corrected chi connectivity index (χ3v) is 3.01. The van der Waals surface area contributed by atoms with Crippen LogP contribution >= 0.6 is 0 Å². The van der Waals surface area contributed by atoms with Crippen molar-refractivity contribution in [3.8, 4) is 0 Å². The maximum atomic E-state index is 5.86. The van der Waals surface area contributed by atoms with E-state index in [-0.39, 0.29) is 0 Å². The van der Waals surface area contributed by atoms with Gasteiger partial charge in [0, 0.05) is 12.6 Å². The van der Waals surface area contributed by atoms with E-state index in [1.54, 1.807) is 0 Å². The molecule has 0 aliphatic carbocycles. The maximum Gasteiger partial charge on any atom is 0.0218 e. The number of rotatable bonds is 10. The Balaban J connectivity index is 4.02. The van der Waals surface area contributed by atoms with Gasteiger partial charge in [0.2, 0.25) is 0 Å². The molecule has 0 aromatic heterocycles. The molecule has 0 saturated heterocycles. The minimum Gasteiger partial charge on any atom is -0.329 e. The predicted octanol–water partition coefficient (Wildman–Crippen LogP) is 3.02. The Bertz CT molecular complexity index is 118. The van der Waals surface area contributed by atoms with Crippen molar-refractivity contribution in [3.63, 3.8) is 0 Å². The molecule has 0 heterocycles. The molecule has 15 heavy (non-hydrogen) atoms. The summed E-state index contributed by atoms with van der Waals surface area (Å²) in [5.41, 5.74) is 5.86. The van der Waals surface area contributed by atoms with Crippen LogP contribution in [-0.2, 0) is 0 Å². The lowest BCUT2D eigenvalue weighted by Crippen LogP contribution is -2.41. The lowest BCUT2D eigenvalue weighted by molar-refractivity contribution is 0.184. The van der Waals surface area contributed by atoms with Crippen LogP contribution in [0.1, 0.15) is 59.3 Å². The first-order chi connectivity index (χ1) is 7.29. The molecule has 0 bridgehead atoms. The summed E-state index contributed by atoms with van der Waals surface area (Å²) in [7, 11) is 0. The van der Waals surface area contributed by atoms with Crippen LogP contribution in [-0.4, -0.2) is 30.6 Å². The van der Waals surface area contributed by atoms with Crippen molar-refractivity contribution in [2.75, 3.05) is 19.6 Å². The first-order valence-corrected chi connectivity index (χ1v) is 6.74. The molecule has 92 valence electrons. The monoisotopic (exact) mass is 214 g/mol. The van der Waals surface area contributed by atoms with Crippen molar-refractivity contribution in [2.24, 2.45) is 5.73 Å². The quantitative estimate of drug-likeness (QED) is 0.606. The van der Waals surface area contributed by atoms with Crippen LogP contribution < -0.4 is 5.73 Å². The second-order valence-electron chi connectivity index (χ2n) is 4.42. The maximum absolute atomic E-state index is 5.86. The normalized spacial score (nSPS) is 13.4. The van der Waals surface area contributed by atoms with E-state index in [9.17, 15) is 0 Å². The zero-order valence-electron chi connectivity index (χ0n) is 11.0. The van der Waals surface area contributed by atoms with Crippen molar-refractivity contribution in [2.45, 2.75) is 65.3 Å². The molecule has 1 atom stereocenters. The van der Waals surface area contributed by atoms with Crippen molar-refractivity contribution in [1.29, 1.82) is 0 Å². The minimum atomic E-state index is 0.619. The highest BCUT2D eigenvalue weighted by molar-refractivity contribution is 4.72. The molecule has 0 aliphatic rings. The molecular weight excluding hydrogens is 184 g/mol. The largest absolute Gasteiger partial charge is 0.329 e. The summed E-state index contributed by atoms with van der Waals surface area (Å²) in [6.07, 6.45) is 7.69. The van der Waals surface area contributed by atoms with Crippen molar-refractivity contribution in [3.05, 3.63) is 0 Å². The summed E-state index contributed by atoms with van der Waals surface area (Å²) in [4.78, 5) is 2.61. The summed E-state index contributed by atoms with van der Waals surface area (Å²) in [6, 6.07) is 0.619. The zero-order valence-corrected chi connectivity index (χ0v) is 11.0. The summed E-state index contributed by atoms with van der Waals surface area (Å²) in [5.74, 6) is 0. The van der Waals surface area contributed by atoms with Crippen LogP contribution in [0.25, 0.3) is 0 Å². The molecular formula is C13H30N2. The fourth-order valence-electron chi connectivity index (χ4n) is 1.98. The fraction of sp³-hybridized carbons (Fsp3) is 1.00. The third kappa shape index (κ3) is 6.91. The summed E-state index contributed by atoms with van der Waals surface area (Å²) in [6.45, 7) is 10.1. The summed E-state index contributed by atoms with van der Waals surface area (Å²) < 4.78 is 0. The molecule has 0 aromatic rings. The van der Waals surface area contributed by atoms with Gasteiger partial charge in [-0.1, -0.05) is 40.0 Å². The van der Waals surface area contributed by atoms with Crippen molar-refractivity contribution < 1.29 is 0 Å². The van der Waals surface area contributed by atoms with E-state index in [2.05, 4.69) is 25.7 Å². The average molecular weight is 214 g/mol. The number of hydrogen-bond acceptors (Lipinski definition) is 2. The van der Waals surface area contributed by atoms with Crippen LogP contribution in [0.2, 0.25) is 0 Å². The first kappa shape index (κ1) is 14.9. The topological polar surface area (TPSA) is 29.3 Å². The van der Waals surface area contributed by atoms with Gasteiger partial charge in [-0.2, -0.15) is 0 Å². The number of unbranched alkanes of at least 4 members (excludes halogenated alkanes) is 2. The van der Waals surface area contributed by atoms with E-state index in [1.165, 1.54) is 51.6 Å². The second-order valence-corrected chi connectivity index (χ2v) is 4.42. The van der Waals surface area contributed by atoms with Crippen molar-refractivity contribution in [1.82, 2.24) is 4.90 Å². The van der Waals surface area contributed by atoms with Gasteiger partial charge >= 0.3 is 0 Å². The lowest BCUT2D eigenvalue weighted by atomic mass is 10.1. The van der Waals surface area contributed by atoms with E-state index in [1.807, 2.05) is 0 Å². The fourth-order valence-corrected chi connectivity index (χ4v) is 1.98. The average Bonchev–Trinajstić information content (AvgIpc) is 2.27. The molecule has 0 aromatic carbocycles. The van der Waals surface area contributed by atoms with Gasteiger partial charge in [-0.3, -0.25) is 4.90 Å². The molecule has 2 heteroatoms. The SMILES string of the molecule is CCCCN(CCCC)C(CN)CCC. The van der Waals surface area contributed by atoms with Crippen LogP contribution in [0, 0.1) is 0 Å². The Hall–Kier alpha value is -0.0800. The van der Waals surface area contributed by atoms with Gasteiger partial charge in [-0.15, -0.1) is 0 Å².